The highest BCUT2D eigenvalue weighted by Gasteiger charge is 2.43. The van der Waals surface area contributed by atoms with Crippen LogP contribution >= 0.6 is 0 Å². The highest BCUT2D eigenvalue weighted by Crippen LogP contribution is 2.38. The molecular formula is C23H24N2O4. The van der Waals surface area contributed by atoms with Crippen molar-refractivity contribution >= 4 is 23.1 Å². The minimum atomic E-state index is -0.324. The summed E-state index contributed by atoms with van der Waals surface area (Å²) in [5.74, 6) is -0.106. The summed E-state index contributed by atoms with van der Waals surface area (Å²) in [6.07, 6.45) is 0.836. The Morgan fingerprint density at radius 3 is 2.34 bits per heavy atom. The van der Waals surface area contributed by atoms with E-state index in [2.05, 4.69) is 0 Å². The first kappa shape index (κ1) is 19.2. The van der Waals surface area contributed by atoms with Gasteiger partial charge in [-0.1, -0.05) is 49.4 Å². The Morgan fingerprint density at radius 2 is 1.62 bits per heavy atom. The molecule has 0 atom stereocenters. The van der Waals surface area contributed by atoms with Gasteiger partial charge in [-0.15, -0.1) is 0 Å². The van der Waals surface area contributed by atoms with E-state index in [1.807, 2.05) is 54.3 Å². The maximum Gasteiger partial charge on any atom is 0.282 e. The maximum atomic E-state index is 13.5. The van der Waals surface area contributed by atoms with Crippen LogP contribution in [-0.2, 0) is 14.3 Å². The maximum absolute atomic E-state index is 13.5. The fourth-order valence-corrected chi connectivity index (χ4v) is 3.66. The van der Waals surface area contributed by atoms with Crippen molar-refractivity contribution in [1.82, 2.24) is 4.90 Å². The quantitative estimate of drug-likeness (QED) is 0.707. The van der Waals surface area contributed by atoms with Crippen LogP contribution in [0.1, 0.15) is 18.9 Å². The molecule has 0 aliphatic carbocycles. The minimum absolute atomic E-state index is 0.316. The molecule has 6 nitrogen and oxygen atoms in total. The van der Waals surface area contributed by atoms with Crippen molar-refractivity contribution < 1.29 is 19.1 Å². The first-order valence-corrected chi connectivity index (χ1v) is 9.95. The molecule has 0 radical (unpaired) electrons. The lowest BCUT2D eigenvalue weighted by Crippen LogP contribution is -2.40. The number of rotatable bonds is 6. The normalized spacial score (nSPS) is 17.3. The molecule has 1 saturated heterocycles. The van der Waals surface area contributed by atoms with Crippen molar-refractivity contribution in [2.75, 3.05) is 37.8 Å². The zero-order chi connectivity index (χ0) is 20.2. The molecule has 0 bridgehead atoms. The van der Waals surface area contributed by atoms with Crippen molar-refractivity contribution in [1.29, 1.82) is 0 Å². The summed E-state index contributed by atoms with van der Waals surface area (Å²) in [5, 5.41) is 0. The Bertz CT molecular complexity index is 933. The fraction of sp³-hybridized carbons (Fsp3) is 0.304. The second-order valence-electron chi connectivity index (χ2n) is 6.95. The van der Waals surface area contributed by atoms with E-state index < -0.39 is 0 Å². The van der Waals surface area contributed by atoms with Gasteiger partial charge in [0.05, 0.1) is 31.1 Å². The molecule has 6 heteroatoms. The van der Waals surface area contributed by atoms with E-state index in [1.165, 1.54) is 4.90 Å². The monoisotopic (exact) mass is 392 g/mol. The third-order valence-corrected chi connectivity index (χ3v) is 5.02. The summed E-state index contributed by atoms with van der Waals surface area (Å²) in [7, 11) is 0. The molecule has 0 spiro atoms. The van der Waals surface area contributed by atoms with E-state index in [-0.39, 0.29) is 11.8 Å². The number of imide groups is 1. The summed E-state index contributed by atoms with van der Waals surface area (Å²) < 4.78 is 11.3. The van der Waals surface area contributed by atoms with Crippen LogP contribution in [0.3, 0.4) is 0 Å². The molecular weight excluding hydrogens is 368 g/mol. The molecule has 0 unspecified atom stereocenters. The van der Waals surface area contributed by atoms with Gasteiger partial charge in [-0.2, -0.15) is 0 Å². The molecule has 2 aliphatic heterocycles. The van der Waals surface area contributed by atoms with Crippen LogP contribution in [0, 0.1) is 0 Å². The number of benzene rings is 2. The molecule has 0 saturated carbocycles. The Labute approximate surface area is 170 Å². The molecule has 0 aromatic heterocycles. The van der Waals surface area contributed by atoms with E-state index in [0.29, 0.717) is 55.6 Å². The predicted molar refractivity (Wildman–Crippen MR) is 110 cm³/mol. The standard InChI is InChI=1S/C23H24N2O4/c1-2-14-29-19-11-7-6-10-18(19)25-22(26)20(17-8-4-3-5-9-17)21(23(25)27)24-12-15-28-16-13-24/h3-11H,2,12-16H2,1H3. The number of amides is 2. The SMILES string of the molecule is CCCOc1ccccc1N1C(=O)C(c2ccccc2)=C(N2CCOCC2)C1=O. The van der Waals surface area contributed by atoms with E-state index in [0.717, 1.165) is 12.0 Å². The van der Waals surface area contributed by atoms with Gasteiger partial charge in [0.2, 0.25) is 0 Å². The molecule has 2 amide bonds. The summed E-state index contributed by atoms with van der Waals surface area (Å²) in [4.78, 5) is 30.3. The lowest BCUT2D eigenvalue weighted by atomic mass is 10.0. The highest BCUT2D eigenvalue weighted by atomic mass is 16.5. The Hall–Kier alpha value is -3.12. The minimum Gasteiger partial charge on any atom is -0.491 e. The smallest absolute Gasteiger partial charge is 0.282 e. The molecule has 2 aromatic rings. The number of hydrogen-bond acceptors (Lipinski definition) is 5. The number of anilines is 1. The molecule has 4 rings (SSSR count). The van der Waals surface area contributed by atoms with Crippen LogP contribution in [-0.4, -0.2) is 49.6 Å². The molecule has 0 N–H and O–H groups in total. The fourth-order valence-electron chi connectivity index (χ4n) is 3.66. The van der Waals surface area contributed by atoms with Gasteiger partial charge in [0.25, 0.3) is 11.8 Å². The van der Waals surface area contributed by atoms with E-state index >= 15 is 0 Å². The Morgan fingerprint density at radius 1 is 0.931 bits per heavy atom. The zero-order valence-corrected chi connectivity index (χ0v) is 16.5. The summed E-state index contributed by atoms with van der Waals surface area (Å²) in [6, 6.07) is 16.6. The van der Waals surface area contributed by atoms with Crippen LogP contribution in [0.15, 0.2) is 60.3 Å². The third-order valence-electron chi connectivity index (χ3n) is 5.02. The lowest BCUT2D eigenvalue weighted by Gasteiger charge is -2.29. The van der Waals surface area contributed by atoms with Gasteiger partial charge in [-0.3, -0.25) is 9.59 Å². The number of carbonyl (C=O) groups is 2. The van der Waals surface area contributed by atoms with Crippen LogP contribution in [0.4, 0.5) is 5.69 Å². The average molecular weight is 392 g/mol. The van der Waals surface area contributed by atoms with Crippen LogP contribution < -0.4 is 9.64 Å². The number of morpholine rings is 1. The number of ether oxygens (including phenoxy) is 2. The van der Waals surface area contributed by atoms with Crippen molar-refractivity contribution in [3.63, 3.8) is 0 Å². The van der Waals surface area contributed by atoms with Gasteiger partial charge in [0, 0.05) is 13.1 Å². The second-order valence-corrected chi connectivity index (χ2v) is 6.95. The molecule has 150 valence electrons. The topological polar surface area (TPSA) is 59.1 Å². The largest absolute Gasteiger partial charge is 0.491 e. The van der Waals surface area contributed by atoms with Gasteiger partial charge in [0.1, 0.15) is 11.4 Å². The van der Waals surface area contributed by atoms with Gasteiger partial charge in [0.15, 0.2) is 0 Å². The van der Waals surface area contributed by atoms with E-state index in [9.17, 15) is 9.59 Å². The molecule has 2 aliphatic rings. The van der Waals surface area contributed by atoms with Gasteiger partial charge >= 0.3 is 0 Å². The highest BCUT2D eigenvalue weighted by molar-refractivity contribution is 6.45. The van der Waals surface area contributed by atoms with Gasteiger partial charge in [-0.25, -0.2) is 4.90 Å². The van der Waals surface area contributed by atoms with Crippen molar-refractivity contribution in [2.45, 2.75) is 13.3 Å². The van der Waals surface area contributed by atoms with Crippen molar-refractivity contribution in [3.8, 4) is 5.75 Å². The predicted octanol–water partition coefficient (Wildman–Crippen LogP) is 3.09. The van der Waals surface area contributed by atoms with Crippen LogP contribution in [0.25, 0.3) is 5.57 Å². The Balaban J connectivity index is 1.79. The summed E-state index contributed by atoms with van der Waals surface area (Å²) >= 11 is 0. The molecule has 2 aromatic carbocycles. The first-order valence-electron chi connectivity index (χ1n) is 9.95. The number of carbonyl (C=O) groups excluding carboxylic acids is 2. The lowest BCUT2D eigenvalue weighted by molar-refractivity contribution is -0.121. The second kappa shape index (κ2) is 8.49. The van der Waals surface area contributed by atoms with E-state index in [1.54, 1.807) is 12.1 Å². The van der Waals surface area contributed by atoms with Crippen molar-refractivity contribution in [3.05, 3.63) is 65.9 Å². The number of nitrogens with zero attached hydrogens (tertiary/aromatic N) is 2. The van der Waals surface area contributed by atoms with E-state index in [4.69, 9.17) is 9.47 Å². The summed E-state index contributed by atoms with van der Waals surface area (Å²) in [5.41, 5.74) is 2.09. The molecule has 29 heavy (non-hydrogen) atoms. The molecule has 1 fully saturated rings. The van der Waals surface area contributed by atoms with Crippen LogP contribution in [0.2, 0.25) is 0 Å². The third kappa shape index (κ3) is 3.63. The molecule has 2 heterocycles. The first-order chi connectivity index (χ1) is 14.2. The summed E-state index contributed by atoms with van der Waals surface area (Å²) in [6.45, 7) is 4.74. The number of para-hydroxylation sites is 2. The number of hydrogen-bond donors (Lipinski definition) is 0. The zero-order valence-electron chi connectivity index (χ0n) is 16.5. The van der Waals surface area contributed by atoms with Crippen LogP contribution in [0.5, 0.6) is 5.75 Å². The average Bonchev–Trinajstić information content (AvgIpc) is 3.03. The van der Waals surface area contributed by atoms with Gasteiger partial charge < -0.3 is 14.4 Å². The van der Waals surface area contributed by atoms with Crippen molar-refractivity contribution in [2.24, 2.45) is 0 Å². The Kier molecular flexibility index (Phi) is 5.62. The van der Waals surface area contributed by atoms with Gasteiger partial charge in [-0.05, 0) is 24.1 Å².